The van der Waals surface area contributed by atoms with Crippen molar-refractivity contribution in [2.24, 2.45) is 0 Å². The van der Waals surface area contributed by atoms with E-state index in [9.17, 15) is 9.90 Å². The molecule has 6 heteroatoms. The number of nitrogens with zero attached hydrogens (tertiary/aromatic N) is 3. The third-order valence-corrected chi connectivity index (χ3v) is 4.65. The standard InChI is InChI=1S/C19H20N4O2/c24-15-5-3-4-14(12-15)13-22-8-10-23(11-9-22)19(25)18-16-6-1-2-7-17(16)20-21-18/h1-7,12,24H,8-11,13H2,(H,20,21). The number of piperazine rings is 1. The maximum Gasteiger partial charge on any atom is 0.275 e. The first-order valence-electron chi connectivity index (χ1n) is 8.43. The molecule has 128 valence electrons. The molecule has 1 fully saturated rings. The second kappa shape index (κ2) is 6.57. The monoisotopic (exact) mass is 336 g/mol. The van der Waals surface area contributed by atoms with E-state index in [-0.39, 0.29) is 11.7 Å². The summed E-state index contributed by atoms with van der Waals surface area (Å²) in [5, 5.41) is 17.6. The van der Waals surface area contributed by atoms with Gasteiger partial charge in [-0.3, -0.25) is 14.8 Å². The molecule has 1 aliphatic rings. The van der Waals surface area contributed by atoms with Crippen molar-refractivity contribution in [2.75, 3.05) is 26.2 Å². The fourth-order valence-corrected chi connectivity index (χ4v) is 3.30. The van der Waals surface area contributed by atoms with Gasteiger partial charge in [0.15, 0.2) is 5.69 Å². The minimum Gasteiger partial charge on any atom is -0.508 e. The zero-order valence-electron chi connectivity index (χ0n) is 13.9. The summed E-state index contributed by atoms with van der Waals surface area (Å²) in [6, 6.07) is 15.0. The van der Waals surface area contributed by atoms with Gasteiger partial charge in [0.2, 0.25) is 0 Å². The fourth-order valence-electron chi connectivity index (χ4n) is 3.30. The molecule has 1 amide bonds. The van der Waals surface area contributed by atoms with E-state index in [1.54, 1.807) is 12.1 Å². The van der Waals surface area contributed by atoms with Crippen molar-refractivity contribution in [2.45, 2.75) is 6.54 Å². The number of carbonyl (C=O) groups is 1. The topological polar surface area (TPSA) is 72.5 Å². The normalized spacial score (nSPS) is 15.6. The van der Waals surface area contributed by atoms with E-state index >= 15 is 0 Å². The Morgan fingerprint density at radius 2 is 1.88 bits per heavy atom. The maximum absolute atomic E-state index is 12.8. The van der Waals surface area contributed by atoms with E-state index in [0.717, 1.165) is 36.1 Å². The lowest BCUT2D eigenvalue weighted by atomic mass is 10.1. The Morgan fingerprint density at radius 3 is 2.68 bits per heavy atom. The molecule has 0 atom stereocenters. The molecule has 0 aliphatic carbocycles. The number of aromatic amines is 1. The van der Waals surface area contributed by atoms with Crippen LogP contribution in [0, 0.1) is 0 Å². The molecule has 0 bridgehead atoms. The van der Waals surface area contributed by atoms with Crippen molar-refractivity contribution in [3.05, 3.63) is 59.8 Å². The predicted molar refractivity (Wildman–Crippen MR) is 95.4 cm³/mol. The van der Waals surface area contributed by atoms with Crippen LogP contribution in [-0.4, -0.2) is 57.2 Å². The van der Waals surface area contributed by atoms with Crippen molar-refractivity contribution < 1.29 is 9.90 Å². The quantitative estimate of drug-likeness (QED) is 0.769. The van der Waals surface area contributed by atoms with Gasteiger partial charge in [0.1, 0.15) is 5.75 Å². The number of nitrogens with one attached hydrogen (secondary N) is 1. The maximum atomic E-state index is 12.8. The number of amides is 1. The number of fused-ring (bicyclic) bond motifs is 1. The molecule has 2 aromatic carbocycles. The van der Waals surface area contributed by atoms with Gasteiger partial charge in [0.05, 0.1) is 5.52 Å². The Hall–Kier alpha value is -2.86. The van der Waals surface area contributed by atoms with Crippen LogP contribution in [0.3, 0.4) is 0 Å². The zero-order chi connectivity index (χ0) is 17.2. The number of rotatable bonds is 3. The van der Waals surface area contributed by atoms with Crippen molar-refractivity contribution in [3.8, 4) is 5.75 Å². The minimum absolute atomic E-state index is 0.0190. The Balaban J connectivity index is 1.40. The van der Waals surface area contributed by atoms with E-state index in [2.05, 4.69) is 15.1 Å². The van der Waals surface area contributed by atoms with Gasteiger partial charge in [-0.2, -0.15) is 5.10 Å². The third kappa shape index (κ3) is 3.21. The van der Waals surface area contributed by atoms with Crippen molar-refractivity contribution in [1.82, 2.24) is 20.0 Å². The number of para-hydroxylation sites is 1. The van der Waals surface area contributed by atoms with Gasteiger partial charge in [-0.1, -0.05) is 30.3 Å². The highest BCUT2D eigenvalue weighted by molar-refractivity contribution is 6.04. The number of phenols is 1. The molecule has 4 rings (SSSR count). The SMILES string of the molecule is O=C(c1n[nH]c2ccccc12)N1CCN(Cc2cccc(O)c2)CC1. The first kappa shape index (κ1) is 15.7. The summed E-state index contributed by atoms with van der Waals surface area (Å²) in [6.45, 7) is 3.76. The average molecular weight is 336 g/mol. The molecule has 0 radical (unpaired) electrons. The van der Waals surface area contributed by atoms with Gasteiger partial charge in [0.25, 0.3) is 5.91 Å². The number of aromatic hydroxyl groups is 1. The number of H-pyrrole nitrogens is 1. The molecule has 25 heavy (non-hydrogen) atoms. The molecule has 6 nitrogen and oxygen atoms in total. The number of hydrogen-bond acceptors (Lipinski definition) is 4. The summed E-state index contributed by atoms with van der Waals surface area (Å²) in [7, 11) is 0. The molecule has 1 saturated heterocycles. The summed E-state index contributed by atoms with van der Waals surface area (Å²) in [4.78, 5) is 16.9. The van der Waals surface area contributed by atoms with E-state index in [4.69, 9.17) is 0 Å². The third-order valence-electron chi connectivity index (χ3n) is 4.65. The van der Waals surface area contributed by atoms with Crippen molar-refractivity contribution in [1.29, 1.82) is 0 Å². The second-order valence-corrected chi connectivity index (χ2v) is 6.36. The van der Waals surface area contributed by atoms with Gasteiger partial charge in [-0.25, -0.2) is 0 Å². The van der Waals surface area contributed by atoms with Gasteiger partial charge in [0, 0.05) is 38.1 Å². The first-order chi connectivity index (χ1) is 12.2. The number of hydrogen-bond donors (Lipinski definition) is 2. The minimum atomic E-state index is -0.0190. The van der Waals surface area contributed by atoms with Crippen LogP contribution in [-0.2, 0) is 6.54 Å². The Labute approximate surface area is 145 Å². The first-order valence-corrected chi connectivity index (χ1v) is 8.43. The number of aromatic nitrogens is 2. The largest absolute Gasteiger partial charge is 0.508 e. The lowest BCUT2D eigenvalue weighted by Crippen LogP contribution is -2.48. The van der Waals surface area contributed by atoms with Crippen LogP contribution >= 0.6 is 0 Å². The molecule has 0 saturated carbocycles. The Bertz CT molecular complexity index is 897. The number of carbonyl (C=O) groups excluding carboxylic acids is 1. The van der Waals surface area contributed by atoms with Crippen LogP contribution < -0.4 is 0 Å². The molecule has 2 heterocycles. The second-order valence-electron chi connectivity index (χ2n) is 6.36. The average Bonchev–Trinajstić information content (AvgIpc) is 3.06. The van der Waals surface area contributed by atoms with E-state index in [1.807, 2.05) is 41.3 Å². The Kier molecular flexibility index (Phi) is 4.11. The molecule has 0 unspecified atom stereocenters. The molecular formula is C19H20N4O2. The molecule has 1 aromatic heterocycles. The fraction of sp³-hybridized carbons (Fsp3) is 0.263. The molecule has 0 spiro atoms. The van der Waals surface area contributed by atoms with Crippen LogP contribution in [0.2, 0.25) is 0 Å². The highest BCUT2D eigenvalue weighted by atomic mass is 16.3. The van der Waals surface area contributed by atoms with Crippen molar-refractivity contribution >= 4 is 16.8 Å². The summed E-state index contributed by atoms with van der Waals surface area (Å²) in [6.07, 6.45) is 0. The van der Waals surface area contributed by atoms with Crippen LogP contribution in [0.4, 0.5) is 0 Å². The summed E-state index contributed by atoms with van der Waals surface area (Å²) >= 11 is 0. The van der Waals surface area contributed by atoms with Gasteiger partial charge < -0.3 is 10.0 Å². The summed E-state index contributed by atoms with van der Waals surface area (Å²) < 4.78 is 0. The van der Waals surface area contributed by atoms with Crippen LogP contribution in [0.1, 0.15) is 16.1 Å². The van der Waals surface area contributed by atoms with Gasteiger partial charge >= 0.3 is 0 Å². The van der Waals surface area contributed by atoms with Crippen LogP contribution in [0.5, 0.6) is 5.75 Å². The van der Waals surface area contributed by atoms with Crippen molar-refractivity contribution in [3.63, 3.8) is 0 Å². The van der Waals surface area contributed by atoms with E-state index < -0.39 is 0 Å². The lowest BCUT2D eigenvalue weighted by molar-refractivity contribution is 0.0624. The summed E-state index contributed by atoms with van der Waals surface area (Å²) in [5.41, 5.74) is 2.46. The highest BCUT2D eigenvalue weighted by Gasteiger charge is 2.25. The Morgan fingerprint density at radius 1 is 1.08 bits per heavy atom. The lowest BCUT2D eigenvalue weighted by Gasteiger charge is -2.34. The van der Waals surface area contributed by atoms with Gasteiger partial charge in [-0.05, 0) is 23.8 Å². The smallest absolute Gasteiger partial charge is 0.275 e. The predicted octanol–water partition coefficient (Wildman–Crippen LogP) is 2.23. The van der Waals surface area contributed by atoms with Crippen LogP contribution in [0.15, 0.2) is 48.5 Å². The van der Waals surface area contributed by atoms with E-state index in [0.29, 0.717) is 18.8 Å². The molecule has 3 aromatic rings. The number of phenolic OH excluding ortho intramolecular Hbond substituents is 1. The zero-order valence-corrected chi connectivity index (χ0v) is 13.9. The van der Waals surface area contributed by atoms with Gasteiger partial charge in [-0.15, -0.1) is 0 Å². The molecular weight excluding hydrogens is 316 g/mol. The summed E-state index contributed by atoms with van der Waals surface area (Å²) in [5.74, 6) is 0.270. The highest BCUT2D eigenvalue weighted by Crippen LogP contribution is 2.19. The van der Waals surface area contributed by atoms with Crippen LogP contribution in [0.25, 0.3) is 10.9 Å². The molecule has 2 N–H and O–H groups in total. The number of benzene rings is 2. The van der Waals surface area contributed by atoms with E-state index in [1.165, 1.54) is 0 Å². The molecule has 1 aliphatic heterocycles.